The lowest BCUT2D eigenvalue weighted by molar-refractivity contribution is 0.124. The second-order valence-electron chi connectivity index (χ2n) is 5.01. The Hall–Kier alpha value is -0.450. The molecule has 1 atom stereocenters. The molecule has 86 valence electrons. The van der Waals surface area contributed by atoms with E-state index in [1.165, 1.54) is 0 Å². The summed E-state index contributed by atoms with van der Waals surface area (Å²) in [5.41, 5.74) is 9.04. The molecule has 1 aromatic heterocycles. The van der Waals surface area contributed by atoms with Crippen molar-refractivity contribution in [3.05, 3.63) is 16.6 Å². The van der Waals surface area contributed by atoms with Crippen LogP contribution < -0.4 is 5.73 Å². The number of likely N-dealkylation sites (N-methyl/N-ethyl adjacent to an activating group) is 1. The first-order valence-electron chi connectivity index (χ1n) is 5.22. The highest BCUT2D eigenvalue weighted by Crippen LogP contribution is 2.23. The average Bonchev–Trinajstić information content (AvgIpc) is 2.54. The minimum absolute atomic E-state index is 0.208. The lowest BCUT2D eigenvalue weighted by atomic mass is 9.86. The highest BCUT2D eigenvalue weighted by Gasteiger charge is 2.27. The summed E-state index contributed by atoms with van der Waals surface area (Å²) in [6.07, 6.45) is 0. The standard InChI is InChI=1S/C11H21N3S/c1-11(2,3)10(5-12)14(4)6-9-7-15-8-13-9/h7-8,10H,5-6,12H2,1-4H3. The molecule has 0 aliphatic carbocycles. The molecule has 0 saturated carbocycles. The number of nitrogens with two attached hydrogens (primary N) is 1. The van der Waals surface area contributed by atoms with Crippen molar-refractivity contribution in [3.8, 4) is 0 Å². The minimum Gasteiger partial charge on any atom is -0.329 e. The summed E-state index contributed by atoms with van der Waals surface area (Å²) in [7, 11) is 2.11. The molecule has 0 aliphatic rings. The van der Waals surface area contributed by atoms with Gasteiger partial charge in [0.05, 0.1) is 11.2 Å². The van der Waals surface area contributed by atoms with Crippen molar-refractivity contribution in [3.63, 3.8) is 0 Å². The summed E-state index contributed by atoms with van der Waals surface area (Å²) >= 11 is 1.64. The van der Waals surface area contributed by atoms with Crippen LogP contribution in [-0.2, 0) is 6.54 Å². The fourth-order valence-corrected chi connectivity index (χ4v) is 2.43. The van der Waals surface area contributed by atoms with Crippen LogP contribution in [0.1, 0.15) is 26.5 Å². The molecule has 0 bridgehead atoms. The van der Waals surface area contributed by atoms with E-state index in [0.29, 0.717) is 12.6 Å². The molecule has 2 N–H and O–H groups in total. The largest absolute Gasteiger partial charge is 0.329 e. The first kappa shape index (κ1) is 12.6. The van der Waals surface area contributed by atoms with Crippen molar-refractivity contribution in [2.45, 2.75) is 33.4 Å². The molecular weight excluding hydrogens is 206 g/mol. The second kappa shape index (κ2) is 5.05. The molecule has 0 spiro atoms. The zero-order valence-electron chi connectivity index (χ0n) is 10.0. The third-order valence-corrected chi connectivity index (χ3v) is 3.29. The van der Waals surface area contributed by atoms with Crippen LogP contribution in [0.2, 0.25) is 0 Å². The van der Waals surface area contributed by atoms with Crippen LogP contribution in [0.25, 0.3) is 0 Å². The molecule has 1 heterocycles. The fraction of sp³-hybridized carbons (Fsp3) is 0.727. The smallest absolute Gasteiger partial charge is 0.0795 e. The van der Waals surface area contributed by atoms with E-state index in [9.17, 15) is 0 Å². The Morgan fingerprint density at radius 3 is 2.60 bits per heavy atom. The van der Waals surface area contributed by atoms with E-state index in [1.807, 2.05) is 5.51 Å². The van der Waals surface area contributed by atoms with Crippen molar-refractivity contribution < 1.29 is 0 Å². The number of hydrogen-bond donors (Lipinski definition) is 1. The van der Waals surface area contributed by atoms with E-state index in [0.717, 1.165) is 12.2 Å². The Morgan fingerprint density at radius 2 is 2.20 bits per heavy atom. The molecule has 0 aliphatic heterocycles. The molecule has 0 radical (unpaired) electrons. The van der Waals surface area contributed by atoms with Gasteiger partial charge in [-0.2, -0.15) is 0 Å². The molecule has 1 rings (SSSR count). The summed E-state index contributed by atoms with van der Waals surface area (Å²) < 4.78 is 0. The molecule has 1 unspecified atom stereocenters. The lowest BCUT2D eigenvalue weighted by Gasteiger charge is -2.37. The van der Waals surface area contributed by atoms with Gasteiger partial charge in [-0.1, -0.05) is 20.8 Å². The van der Waals surface area contributed by atoms with Gasteiger partial charge in [0.2, 0.25) is 0 Å². The topological polar surface area (TPSA) is 42.2 Å². The van der Waals surface area contributed by atoms with Gasteiger partial charge < -0.3 is 5.73 Å². The predicted molar refractivity (Wildman–Crippen MR) is 65.9 cm³/mol. The van der Waals surface area contributed by atoms with E-state index in [2.05, 4.69) is 43.1 Å². The molecule has 0 fully saturated rings. The third kappa shape index (κ3) is 3.55. The van der Waals surface area contributed by atoms with E-state index < -0.39 is 0 Å². The number of rotatable bonds is 4. The number of hydrogen-bond acceptors (Lipinski definition) is 4. The maximum atomic E-state index is 5.83. The molecule has 4 heteroatoms. The summed E-state index contributed by atoms with van der Waals surface area (Å²) in [6.45, 7) is 8.24. The van der Waals surface area contributed by atoms with Gasteiger partial charge in [-0.15, -0.1) is 11.3 Å². The summed E-state index contributed by atoms with van der Waals surface area (Å²) in [4.78, 5) is 6.58. The Balaban J connectivity index is 2.62. The van der Waals surface area contributed by atoms with Crippen LogP contribution >= 0.6 is 11.3 Å². The van der Waals surface area contributed by atoms with Crippen LogP contribution in [-0.4, -0.2) is 29.5 Å². The van der Waals surface area contributed by atoms with Crippen LogP contribution in [0, 0.1) is 5.41 Å². The minimum atomic E-state index is 0.208. The maximum Gasteiger partial charge on any atom is 0.0795 e. The van der Waals surface area contributed by atoms with Crippen LogP contribution in [0.3, 0.4) is 0 Å². The molecular formula is C11H21N3S. The number of aromatic nitrogens is 1. The van der Waals surface area contributed by atoms with Crippen molar-refractivity contribution >= 4 is 11.3 Å². The lowest BCUT2D eigenvalue weighted by Crippen LogP contribution is -2.46. The fourth-order valence-electron chi connectivity index (χ4n) is 1.88. The third-order valence-electron chi connectivity index (χ3n) is 2.65. The van der Waals surface area contributed by atoms with Gasteiger partial charge in [-0.25, -0.2) is 4.98 Å². The summed E-state index contributed by atoms with van der Waals surface area (Å²) in [5, 5.41) is 2.09. The summed E-state index contributed by atoms with van der Waals surface area (Å²) in [5.74, 6) is 0. The van der Waals surface area contributed by atoms with Gasteiger partial charge in [0.15, 0.2) is 0 Å². The highest BCUT2D eigenvalue weighted by molar-refractivity contribution is 7.07. The van der Waals surface area contributed by atoms with Crippen molar-refractivity contribution in [2.75, 3.05) is 13.6 Å². The van der Waals surface area contributed by atoms with Gasteiger partial charge in [-0.3, -0.25) is 4.90 Å². The molecule has 0 aromatic carbocycles. The van der Waals surface area contributed by atoms with Crippen LogP contribution in [0.5, 0.6) is 0 Å². The van der Waals surface area contributed by atoms with Gasteiger partial charge in [-0.05, 0) is 12.5 Å². The summed E-state index contributed by atoms with van der Waals surface area (Å²) in [6, 6.07) is 0.388. The highest BCUT2D eigenvalue weighted by atomic mass is 32.1. The van der Waals surface area contributed by atoms with Crippen LogP contribution in [0.4, 0.5) is 0 Å². The zero-order valence-corrected chi connectivity index (χ0v) is 10.8. The average molecular weight is 227 g/mol. The normalized spacial score (nSPS) is 14.5. The Labute approximate surface area is 96.3 Å². The Kier molecular flexibility index (Phi) is 4.25. The predicted octanol–water partition coefficient (Wildman–Crippen LogP) is 1.95. The monoisotopic (exact) mass is 227 g/mol. The SMILES string of the molecule is CN(Cc1cscn1)C(CN)C(C)(C)C. The van der Waals surface area contributed by atoms with E-state index >= 15 is 0 Å². The Morgan fingerprint density at radius 1 is 1.53 bits per heavy atom. The molecule has 0 saturated heterocycles. The van der Waals surface area contributed by atoms with E-state index in [-0.39, 0.29) is 5.41 Å². The maximum absolute atomic E-state index is 5.83. The zero-order chi connectivity index (χ0) is 11.5. The first-order chi connectivity index (χ1) is 6.95. The second-order valence-corrected chi connectivity index (χ2v) is 5.73. The van der Waals surface area contributed by atoms with Gasteiger partial charge in [0.25, 0.3) is 0 Å². The van der Waals surface area contributed by atoms with Crippen LogP contribution in [0.15, 0.2) is 10.9 Å². The van der Waals surface area contributed by atoms with Gasteiger partial charge in [0.1, 0.15) is 0 Å². The van der Waals surface area contributed by atoms with Gasteiger partial charge >= 0.3 is 0 Å². The van der Waals surface area contributed by atoms with Gasteiger partial charge in [0, 0.05) is 24.5 Å². The number of thiazole rings is 1. The van der Waals surface area contributed by atoms with Crippen molar-refractivity contribution in [2.24, 2.45) is 11.1 Å². The van der Waals surface area contributed by atoms with E-state index in [1.54, 1.807) is 11.3 Å². The van der Waals surface area contributed by atoms with E-state index in [4.69, 9.17) is 5.73 Å². The first-order valence-corrected chi connectivity index (χ1v) is 6.17. The Bertz CT molecular complexity index is 277. The molecule has 3 nitrogen and oxygen atoms in total. The quantitative estimate of drug-likeness (QED) is 0.855. The molecule has 15 heavy (non-hydrogen) atoms. The van der Waals surface area contributed by atoms with Crippen molar-refractivity contribution in [1.29, 1.82) is 0 Å². The molecule has 0 amide bonds. The van der Waals surface area contributed by atoms with Crippen molar-refractivity contribution in [1.82, 2.24) is 9.88 Å². The number of nitrogens with zero attached hydrogens (tertiary/aromatic N) is 2. The molecule has 1 aromatic rings.